The molecule has 0 saturated carbocycles. The molecule has 1 aliphatic rings. The van der Waals surface area contributed by atoms with Crippen LogP contribution in [-0.4, -0.2) is 40.9 Å². The second-order valence-electron chi connectivity index (χ2n) is 2.83. The summed E-state index contributed by atoms with van der Waals surface area (Å²) in [4.78, 5) is 22.4. The molecule has 1 amide bonds. The van der Waals surface area contributed by atoms with Crippen molar-refractivity contribution in [3.05, 3.63) is 0 Å². The Bertz CT molecular complexity index is 237. The van der Waals surface area contributed by atoms with E-state index in [1.807, 2.05) is 0 Å². The van der Waals surface area contributed by atoms with Gasteiger partial charge in [0.05, 0.1) is 11.9 Å². The van der Waals surface area contributed by atoms with Crippen LogP contribution in [0.2, 0.25) is 0 Å². The van der Waals surface area contributed by atoms with Gasteiger partial charge in [-0.25, -0.2) is 4.39 Å². The quantitative estimate of drug-likeness (QED) is 0.541. The molecule has 2 atom stereocenters. The Hall–Kier alpha value is -0.520. The van der Waals surface area contributed by atoms with Gasteiger partial charge in [0.1, 0.15) is 12.2 Å². The van der Waals surface area contributed by atoms with Gasteiger partial charge < -0.3 is 4.90 Å². The first-order chi connectivity index (χ1) is 6.06. The standard InChI is InChI=1S/C7H8BrF2NO2/c8-2-6(12)11-3-4(9)1-5(11)7(10)13/h4-5H,1-3H2/t4-,5-/m0/s1. The Morgan fingerprint density at radius 3 is 2.62 bits per heavy atom. The van der Waals surface area contributed by atoms with Gasteiger partial charge in [-0.2, -0.15) is 4.39 Å². The van der Waals surface area contributed by atoms with Crippen molar-refractivity contribution in [1.82, 2.24) is 4.90 Å². The second kappa shape index (κ2) is 4.13. The summed E-state index contributed by atoms with van der Waals surface area (Å²) < 4.78 is 25.1. The maximum absolute atomic E-state index is 12.8. The number of halogens is 3. The van der Waals surface area contributed by atoms with E-state index in [0.717, 1.165) is 4.90 Å². The first-order valence-electron chi connectivity index (χ1n) is 3.75. The van der Waals surface area contributed by atoms with E-state index in [1.165, 1.54) is 0 Å². The van der Waals surface area contributed by atoms with Gasteiger partial charge in [-0.15, -0.1) is 0 Å². The molecule has 0 radical (unpaired) electrons. The third-order valence-electron chi connectivity index (χ3n) is 1.95. The van der Waals surface area contributed by atoms with E-state index in [4.69, 9.17) is 0 Å². The van der Waals surface area contributed by atoms with Gasteiger partial charge in [0.2, 0.25) is 5.91 Å². The molecule has 0 aromatic rings. The molecule has 0 aromatic heterocycles. The van der Waals surface area contributed by atoms with Crippen molar-refractivity contribution < 1.29 is 18.4 Å². The lowest BCUT2D eigenvalue weighted by molar-refractivity contribution is -0.141. The van der Waals surface area contributed by atoms with Crippen molar-refractivity contribution in [2.45, 2.75) is 18.6 Å². The number of hydrogen-bond acceptors (Lipinski definition) is 2. The van der Waals surface area contributed by atoms with Gasteiger partial charge in [-0.3, -0.25) is 9.59 Å². The average Bonchev–Trinajstić information content (AvgIpc) is 2.46. The minimum Gasteiger partial charge on any atom is -0.326 e. The fraction of sp³-hybridized carbons (Fsp3) is 0.714. The first-order valence-corrected chi connectivity index (χ1v) is 4.87. The smallest absolute Gasteiger partial charge is 0.323 e. The molecule has 1 heterocycles. The zero-order valence-corrected chi connectivity index (χ0v) is 8.26. The van der Waals surface area contributed by atoms with E-state index >= 15 is 0 Å². The topological polar surface area (TPSA) is 37.4 Å². The summed E-state index contributed by atoms with van der Waals surface area (Å²) >= 11 is 2.87. The van der Waals surface area contributed by atoms with Crippen LogP contribution in [0, 0.1) is 0 Å². The predicted molar refractivity (Wildman–Crippen MR) is 44.9 cm³/mol. The number of carbonyl (C=O) groups excluding carboxylic acids is 2. The van der Waals surface area contributed by atoms with Gasteiger partial charge in [0, 0.05) is 6.42 Å². The average molecular weight is 256 g/mol. The van der Waals surface area contributed by atoms with Crippen molar-refractivity contribution >= 4 is 27.9 Å². The zero-order chi connectivity index (χ0) is 10.0. The third kappa shape index (κ3) is 2.24. The monoisotopic (exact) mass is 255 g/mol. The number of nitrogens with zero attached hydrogens (tertiary/aromatic N) is 1. The third-order valence-corrected chi connectivity index (χ3v) is 2.43. The van der Waals surface area contributed by atoms with E-state index in [2.05, 4.69) is 15.9 Å². The van der Waals surface area contributed by atoms with Crippen LogP contribution < -0.4 is 0 Å². The van der Waals surface area contributed by atoms with Crippen molar-refractivity contribution in [1.29, 1.82) is 0 Å². The van der Waals surface area contributed by atoms with Crippen LogP contribution in [0.4, 0.5) is 8.78 Å². The number of likely N-dealkylation sites (tertiary alicyclic amines) is 1. The molecule has 3 nitrogen and oxygen atoms in total. The summed E-state index contributed by atoms with van der Waals surface area (Å²) in [5.74, 6) is -0.462. The Balaban J connectivity index is 2.71. The molecule has 0 bridgehead atoms. The Morgan fingerprint density at radius 1 is 1.54 bits per heavy atom. The molecule has 13 heavy (non-hydrogen) atoms. The van der Waals surface area contributed by atoms with E-state index in [-0.39, 0.29) is 18.3 Å². The van der Waals surface area contributed by atoms with Crippen LogP contribution in [0.15, 0.2) is 0 Å². The van der Waals surface area contributed by atoms with Crippen molar-refractivity contribution in [2.24, 2.45) is 0 Å². The molecule has 1 saturated heterocycles. The number of carbonyl (C=O) groups is 2. The summed E-state index contributed by atoms with van der Waals surface area (Å²) in [5.41, 5.74) is 0. The molecule has 1 fully saturated rings. The molecular formula is C7H8BrF2NO2. The minimum atomic E-state index is -1.64. The Morgan fingerprint density at radius 2 is 2.15 bits per heavy atom. The molecule has 0 aromatic carbocycles. The highest BCUT2D eigenvalue weighted by Crippen LogP contribution is 2.21. The lowest BCUT2D eigenvalue weighted by Crippen LogP contribution is -2.39. The molecule has 74 valence electrons. The van der Waals surface area contributed by atoms with Crippen LogP contribution >= 0.6 is 15.9 Å². The predicted octanol–water partition coefficient (Wildman–Crippen LogP) is 0.816. The summed E-state index contributed by atoms with van der Waals surface area (Å²) in [6.45, 7) is -0.190. The fourth-order valence-electron chi connectivity index (χ4n) is 1.35. The SMILES string of the molecule is O=C(F)[C@@H]1C[C@H](F)CN1C(=O)CBr. The van der Waals surface area contributed by atoms with Crippen LogP contribution in [-0.2, 0) is 9.59 Å². The molecule has 1 aliphatic heterocycles. The second-order valence-corrected chi connectivity index (χ2v) is 3.39. The molecule has 0 aliphatic carbocycles. The maximum atomic E-state index is 12.8. The number of hydrogen-bond donors (Lipinski definition) is 0. The van der Waals surface area contributed by atoms with Crippen LogP contribution in [0.3, 0.4) is 0 Å². The van der Waals surface area contributed by atoms with E-state index in [1.54, 1.807) is 0 Å². The largest absolute Gasteiger partial charge is 0.326 e. The fourth-order valence-corrected chi connectivity index (χ4v) is 1.67. The minimum absolute atomic E-state index is 0.0243. The number of alkyl halides is 2. The van der Waals surface area contributed by atoms with E-state index < -0.39 is 24.2 Å². The van der Waals surface area contributed by atoms with Crippen LogP contribution in [0.25, 0.3) is 0 Å². The van der Waals surface area contributed by atoms with Gasteiger partial charge in [-0.1, -0.05) is 15.9 Å². The normalized spacial score (nSPS) is 27.8. The van der Waals surface area contributed by atoms with Crippen molar-refractivity contribution in [2.75, 3.05) is 11.9 Å². The summed E-state index contributed by atoms with van der Waals surface area (Å²) in [6.07, 6.45) is -1.53. The van der Waals surface area contributed by atoms with Gasteiger partial charge >= 0.3 is 6.04 Å². The van der Waals surface area contributed by atoms with Gasteiger partial charge in [0.25, 0.3) is 0 Å². The van der Waals surface area contributed by atoms with Gasteiger partial charge in [0.15, 0.2) is 0 Å². The molecule has 0 N–H and O–H groups in total. The summed E-state index contributed by atoms with van der Waals surface area (Å²) in [6, 6.07) is -2.87. The summed E-state index contributed by atoms with van der Waals surface area (Å²) in [7, 11) is 0. The Kier molecular flexibility index (Phi) is 3.35. The van der Waals surface area contributed by atoms with Crippen LogP contribution in [0.5, 0.6) is 0 Å². The Labute approximate surface area is 82.2 Å². The number of amides is 1. The molecular weight excluding hydrogens is 248 g/mol. The highest BCUT2D eigenvalue weighted by atomic mass is 79.9. The van der Waals surface area contributed by atoms with Crippen molar-refractivity contribution in [3.8, 4) is 0 Å². The zero-order valence-electron chi connectivity index (χ0n) is 6.67. The van der Waals surface area contributed by atoms with E-state index in [9.17, 15) is 18.4 Å². The van der Waals surface area contributed by atoms with Crippen molar-refractivity contribution in [3.63, 3.8) is 0 Å². The lowest BCUT2D eigenvalue weighted by atomic mass is 10.2. The van der Waals surface area contributed by atoms with Crippen LogP contribution in [0.1, 0.15) is 6.42 Å². The maximum Gasteiger partial charge on any atom is 0.323 e. The molecule has 0 unspecified atom stereocenters. The molecule has 1 rings (SSSR count). The molecule has 0 spiro atoms. The van der Waals surface area contributed by atoms with E-state index in [0.29, 0.717) is 0 Å². The first kappa shape index (κ1) is 10.6. The lowest BCUT2D eigenvalue weighted by Gasteiger charge is -2.19. The molecule has 6 heteroatoms. The summed E-state index contributed by atoms with van der Waals surface area (Å²) in [5, 5.41) is -0.0243. The number of rotatable bonds is 2. The highest BCUT2D eigenvalue weighted by molar-refractivity contribution is 9.09. The van der Waals surface area contributed by atoms with Gasteiger partial charge in [-0.05, 0) is 0 Å². The highest BCUT2D eigenvalue weighted by Gasteiger charge is 2.39.